The molecule has 0 fully saturated rings. The number of quaternary nitrogens is 1. The first-order valence-electron chi connectivity index (χ1n) is 14.9. The largest absolute Gasteiger partial charge is 0.378 e. The summed E-state index contributed by atoms with van der Waals surface area (Å²) in [6.07, 6.45) is 32.6. The van der Waals surface area contributed by atoms with Crippen molar-refractivity contribution in [1.29, 1.82) is 0 Å². The van der Waals surface area contributed by atoms with Crippen molar-refractivity contribution >= 4 is 7.68 Å². The van der Waals surface area contributed by atoms with Gasteiger partial charge in [-0.15, -0.1) is 0 Å². The first kappa shape index (κ1) is 33.6. The van der Waals surface area contributed by atoms with Gasteiger partial charge < -0.3 is 4.48 Å². The maximum Gasteiger partial charge on any atom is 0.378 e. The molecule has 0 bridgehead atoms. The summed E-state index contributed by atoms with van der Waals surface area (Å²) in [7, 11) is 3.68. The zero-order valence-electron chi connectivity index (χ0n) is 23.9. The van der Waals surface area contributed by atoms with Gasteiger partial charge in [-0.25, -0.2) is 9.13 Å². The second-order valence-corrected chi connectivity index (χ2v) is 12.8. The topological polar surface area (TPSA) is 34.1 Å². The van der Waals surface area contributed by atoms with Crippen molar-refractivity contribution in [3.8, 4) is 0 Å². The molecule has 34 heavy (non-hydrogen) atoms. The van der Waals surface area contributed by atoms with Crippen molar-refractivity contribution in [2.45, 2.75) is 160 Å². The van der Waals surface area contributed by atoms with Crippen molar-refractivity contribution in [3.63, 3.8) is 0 Å². The lowest BCUT2D eigenvalue weighted by Crippen LogP contribution is -2.53. The number of nitrogens with zero attached hydrogens (tertiary/aromatic N) is 1. The van der Waals surface area contributed by atoms with Crippen LogP contribution < -0.4 is 0 Å². The predicted molar refractivity (Wildman–Crippen MR) is 151 cm³/mol. The summed E-state index contributed by atoms with van der Waals surface area (Å²) in [5.74, 6) is 0. The molecule has 1 atom stereocenters. The van der Waals surface area contributed by atoms with Gasteiger partial charge in [0.2, 0.25) is 5.28 Å². The van der Waals surface area contributed by atoms with Crippen LogP contribution in [0.25, 0.3) is 0 Å². The van der Waals surface area contributed by atoms with Gasteiger partial charge in [0.15, 0.2) is 0 Å². The molecule has 0 saturated heterocycles. The summed E-state index contributed by atoms with van der Waals surface area (Å²) in [4.78, 5) is 0. The van der Waals surface area contributed by atoms with E-state index in [1.54, 1.807) is 0 Å². The minimum absolute atomic E-state index is 0.519. The summed E-state index contributed by atoms with van der Waals surface area (Å²) in [5.41, 5.74) is 0. The van der Waals surface area contributed by atoms with Gasteiger partial charge in [-0.3, -0.25) is 0 Å². The quantitative estimate of drug-likeness (QED) is 0.0543. The summed E-state index contributed by atoms with van der Waals surface area (Å²) in [5, 5.41) is -0.594. The lowest BCUT2D eigenvalue weighted by atomic mass is 9.99. The summed E-state index contributed by atoms with van der Waals surface area (Å²) >= 11 is 0. The van der Waals surface area contributed by atoms with Gasteiger partial charge in [0.1, 0.15) is 0 Å². The fourth-order valence-electron chi connectivity index (χ4n) is 5.16. The lowest BCUT2D eigenvalue weighted by molar-refractivity contribution is -0.908. The minimum atomic E-state index is -2.42. The predicted octanol–water partition coefficient (Wildman–Crippen LogP) is 10.7. The highest BCUT2D eigenvalue weighted by molar-refractivity contribution is 7.32. The molecule has 202 valence electrons. The minimum Gasteiger partial charge on any atom is -0.314 e. The Morgan fingerprint density at radius 1 is 0.529 bits per heavy atom. The van der Waals surface area contributed by atoms with E-state index in [1.165, 1.54) is 109 Å². The van der Waals surface area contributed by atoms with Crippen molar-refractivity contribution < 1.29 is 13.6 Å². The highest BCUT2D eigenvalue weighted by Gasteiger charge is 2.47. The first-order valence-corrected chi connectivity index (χ1v) is 16.1. The third-order valence-corrected chi connectivity index (χ3v) is 9.30. The standard InChI is InChI=1S/C30H61NO2P/c1-6-8-9-10-11-12-13-14-15-16-17-18-19-20-21-22-23-24-25-26-27-29-30(28-7-2,34(32)33)31(3,4)5/h19-20H,6-18,21-29H2,1-5H3/q+1. The molecule has 0 radical (unpaired) electrons. The van der Waals surface area contributed by atoms with E-state index in [0.29, 0.717) is 4.48 Å². The number of hydrogen-bond donors (Lipinski definition) is 0. The first-order chi connectivity index (χ1) is 16.3. The van der Waals surface area contributed by atoms with E-state index in [0.717, 1.165) is 32.1 Å². The van der Waals surface area contributed by atoms with Gasteiger partial charge in [-0.1, -0.05) is 116 Å². The monoisotopic (exact) mass is 498 g/mol. The van der Waals surface area contributed by atoms with Crippen LogP contribution in [0.15, 0.2) is 12.2 Å². The van der Waals surface area contributed by atoms with Gasteiger partial charge in [-0.2, -0.15) is 0 Å². The maximum absolute atomic E-state index is 12.1. The van der Waals surface area contributed by atoms with Crippen molar-refractivity contribution in [2.24, 2.45) is 0 Å². The Kier molecular flexibility index (Phi) is 21.6. The number of unbranched alkanes of at least 4 members (excludes halogenated alkanes) is 17. The molecule has 0 spiro atoms. The van der Waals surface area contributed by atoms with Crippen LogP contribution in [0.2, 0.25) is 0 Å². The Hall–Kier alpha value is -0.400. The molecule has 0 aliphatic carbocycles. The highest BCUT2D eigenvalue weighted by atomic mass is 31.1. The van der Waals surface area contributed by atoms with Crippen LogP contribution in [0.3, 0.4) is 0 Å². The van der Waals surface area contributed by atoms with Gasteiger partial charge in [0, 0.05) is 12.8 Å². The smallest absolute Gasteiger partial charge is 0.314 e. The Morgan fingerprint density at radius 3 is 1.26 bits per heavy atom. The third kappa shape index (κ3) is 16.3. The molecule has 0 aromatic rings. The second kappa shape index (κ2) is 21.8. The molecule has 1 unspecified atom stereocenters. The second-order valence-electron chi connectivity index (χ2n) is 11.5. The molecular weight excluding hydrogens is 437 g/mol. The molecule has 0 aliphatic rings. The van der Waals surface area contributed by atoms with Crippen molar-refractivity contribution in [1.82, 2.24) is 0 Å². The molecule has 0 aromatic carbocycles. The van der Waals surface area contributed by atoms with Crippen LogP contribution in [0.1, 0.15) is 155 Å². The van der Waals surface area contributed by atoms with E-state index >= 15 is 0 Å². The fraction of sp³-hybridized carbons (Fsp3) is 0.933. The van der Waals surface area contributed by atoms with Gasteiger partial charge in [0.25, 0.3) is 0 Å². The molecule has 0 N–H and O–H groups in total. The average molecular weight is 499 g/mol. The zero-order chi connectivity index (χ0) is 25.5. The van der Waals surface area contributed by atoms with Crippen LogP contribution in [0.4, 0.5) is 0 Å². The normalized spacial score (nSPS) is 14.0. The zero-order valence-corrected chi connectivity index (χ0v) is 24.8. The van der Waals surface area contributed by atoms with Crippen molar-refractivity contribution in [3.05, 3.63) is 12.2 Å². The lowest BCUT2D eigenvalue weighted by Gasteiger charge is -2.41. The van der Waals surface area contributed by atoms with Crippen LogP contribution in [-0.2, 0) is 9.13 Å². The Bertz CT molecular complexity index is 542. The van der Waals surface area contributed by atoms with E-state index < -0.39 is 13.0 Å². The van der Waals surface area contributed by atoms with Gasteiger partial charge >= 0.3 is 7.68 Å². The summed E-state index contributed by atoms with van der Waals surface area (Å²) < 4.78 is 24.7. The molecule has 0 heterocycles. The molecule has 4 heteroatoms. The number of hydrogen-bond acceptors (Lipinski definition) is 2. The van der Waals surface area contributed by atoms with E-state index in [4.69, 9.17) is 0 Å². The molecule has 0 amide bonds. The molecule has 0 aliphatic heterocycles. The van der Waals surface area contributed by atoms with Crippen molar-refractivity contribution in [2.75, 3.05) is 21.1 Å². The molecule has 0 aromatic heterocycles. The third-order valence-electron chi connectivity index (χ3n) is 7.58. The fourth-order valence-corrected chi connectivity index (χ4v) is 6.40. The Morgan fingerprint density at radius 2 is 0.912 bits per heavy atom. The maximum atomic E-state index is 12.1. The van der Waals surface area contributed by atoms with Crippen LogP contribution >= 0.6 is 7.68 Å². The Labute approximate surface area is 215 Å². The summed E-state index contributed by atoms with van der Waals surface area (Å²) in [6, 6.07) is 0. The van der Waals surface area contributed by atoms with E-state index in [-0.39, 0.29) is 0 Å². The van der Waals surface area contributed by atoms with E-state index in [9.17, 15) is 9.13 Å². The van der Waals surface area contributed by atoms with Crippen LogP contribution in [-0.4, -0.2) is 30.9 Å². The molecule has 3 nitrogen and oxygen atoms in total. The summed E-state index contributed by atoms with van der Waals surface area (Å²) in [6.45, 7) is 4.38. The molecule has 0 saturated carbocycles. The highest BCUT2D eigenvalue weighted by Crippen LogP contribution is 2.44. The number of allylic oxidation sites excluding steroid dienone is 2. The van der Waals surface area contributed by atoms with Gasteiger partial charge in [-0.05, 0) is 38.5 Å². The van der Waals surface area contributed by atoms with Gasteiger partial charge in [0.05, 0.1) is 21.1 Å². The Balaban J connectivity index is 3.59. The van der Waals surface area contributed by atoms with E-state index in [1.807, 2.05) is 21.1 Å². The van der Waals surface area contributed by atoms with E-state index in [2.05, 4.69) is 26.0 Å². The van der Waals surface area contributed by atoms with Crippen LogP contribution in [0, 0.1) is 0 Å². The molecule has 0 rings (SSSR count). The SMILES string of the molecule is CCCCCCCCCCCCCC=CCCCCCCCCC(CCC)(P(=O)=O)[N+](C)(C)C. The number of rotatable bonds is 25. The average Bonchev–Trinajstić information content (AvgIpc) is 2.78. The molecular formula is C30H61NO2P+. The van der Waals surface area contributed by atoms with Crippen LogP contribution in [0.5, 0.6) is 0 Å².